The van der Waals surface area contributed by atoms with E-state index in [0.29, 0.717) is 42.6 Å². The lowest BCUT2D eigenvalue weighted by molar-refractivity contribution is -0.136. The van der Waals surface area contributed by atoms with Crippen LogP contribution in [0.3, 0.4) is 0 Å². The van der Waals surface area contributed by atoms with Gasteiger partial charge in [0.2, 0.25) is 11.8 Å². The summed E-state index contributed by atoms with van der Waals surface area (Å²) in [5, 5.41) is 9.77. The summed E-state index contributed by atoms with van der Waals surface area (Å²) < 4.78 is 0. The Morgan fingerprint density at radius 2 is 2.03 bits per heavy atom. The molecule has 1 aromatic rings. The van der Waals surface area contributed by atoms with Crippen molar-refractivity contribution in [2.24, 2.45) is 5.92 Å². The summed E-state index contributed by atoms with van der Waals surface area (Å²) in [6.45, 7) is 3.50. The van der Waals surface area contributed by atoms with Gasteiger partial charge in [0.05, 0.1) is 0 Å². The van der Waals surface area contributed by atoms with Crippen LogP contribution in [0.4, 0.5) is 0 Å². The van der Waals surface area contributed by atoms with Crippen molar-refractivity contribution in [2.45, 2.75) is 76.3 Å². The molecule has 3 amide bonds. The van der Waals surface area contributed by atoms with Crippen molar-refractivity contribution in [3.63, 3.8) is 0 Å². The molecule has 1 aromatic carbocycles. The molecule has 5 atom stereocenters. The van der Waals surface area contributed by atoms with Gasteiger partial charge in [0.25, 0.3) is 5.91 Å². The molecule has 3 N–H and O–H groups in total. The van der Waals surface area contributed by atoms with Crippen molar-refractivity contribution in [2.75, 3.05) is 0 Å². The Morgan fingerprint density at radius 3 is 2.86 bits per heavy atom. The van der Waals surface area contributed by atoms with Gasteiger partial charge in [-0.25, -0.2) is 0 Å². The van der Waals surface area contributed by atoms with Crippen LogP contribution in [-0.4, -0.2) is 46.8 Å². The molecule has 0 aliphatic carbocycles. The van der Waals surface area contributed by atoms with E-state index < -0.39 is 6.04 Å². The van der Waals surface area contributed by atoms with Gasteiger partial charge in [-0.1, -0.05) is 19.1 Å². The first kappa shape index (κ1) is 18.8. The Kier molecular flexibility index (Phi) is 4.67. The van der Waals surface area contributed by atoms with Crippen molar-refractivity contribution in [3.05, 3.63) is 34.9 Å². The van der Waals surface area contributed by atoms with Gasteiger partial charge in [0, 0.05) is 43.2 Å². The second-order valence-corrected chi connectivity index (χ2v) is 9.02. The van der Waals surface area contributed by atoms with Crippen LogP contribution < -0.4 is 16.0 Å². The third-order valence-corrected chi connectivity index (χ3v) is 7.24. The molecule has 0 saturated carbocycles. The molecule has 0 spiro atoms. The molecule has 29 heavy (non-hydrogen) atoms. The summed E-state index contributed by atoms with van der Waals surface area (Å²) >= 11 is 0. The number of fused-ring (bicyclic) bond motifs is 3. The van der Waals surface area contributed by atoms with Gasteiger partial charge in [-0.3, -0.25) is 19.7 Å². The molecule has 5 rings (SSSR count). The summed E-state index contributed by atoms with van der Waals surface area (Å²) in [7, 11) is 0. The maximum atomic E-state index is 13.0. The minimum absolute atomic E-state index is 0.107. The first-order valence-corrected chi connectivity index (χ1v) is 10.8. The number of carbonyl (C=O) groups excluding carboxylic acids is 3. The van der Waals surface area contributed by atoms with E-state index in [1.165, 1.54) is 12.8 Å². The Balaban J connectivity index is 1.26. The highest BCUT2D eigenvalue weighted by Crippen LogP contribution is 2.32. The summed E-state index contributed by atoms with van der Waals surface area (Å²) in [4.78, 5) is 38.1. The maximum absolute atomic E-state index is 13.0. The summed E-state index contributed by atoms with van der Waals surface area (Å²) in [5.41, 5.74) is 2.74. The molecule has 4 aliphatic heterocycles. The van der Waals surface area contributed by atoms with Crippen molar-refractivity contribution < 1.29 is 14.4 Å². The molecule has 2 bridgehead atoms. The van der Waals surface area contributed by atoms with Crippen LogP contribution in [0.2, 0.25) is 0 Å². The molecular weight excluding hydrogens is 368 g/mol. The van der Waals surface area contributed by atoms with Gasteiger partial charge in [-0.2, -0.15) is 0 Å². The zero-order valence-corrected chi connectivity index (χ0v) is 16.7. The number of carbonyl (C=O) groups is 3. The van der Waals surface area contributed by atoms with Crippen LogP contribution in [-0.2, 0) is 22.7 Å². The van der Waals surface area contributed by atoms with E-state index in [4.69, 9.17) is 0 Å². The van der Waals surface area contributed by atoms with Crippen molar-refractivity contribution in [3.8, 4) is 0 Å². The highest BCUT2D eigenvalue weighted by atomic mass is 16.2. The quantitative estimate of drug-likeness (QED) is 0.663. The molecule has 4 aliphatic rings. The van der Waals surface area contributed by atoms with Crippen LogP contribution in [0.1, 0.15) is 60.5 Å². The van der Waals surface area contributed by atoms with Gasteiger partial charge in [0.1, 0.15) is 6.04 Å². The lowest BCUT2D eigenvalue weighted by Gasteiger charge is -2.36. The van der Waals surface area contributed by atoms with E-state index in [9.17, 15) is 14.4 Å². The first-order chi connectivity index (χ1) is 14.0. The fourth-order valence-electron chi connectivity index (χ4n) is 5.48. The smallest absolute Gasteiger partial charge is 0.255 e. The second kappa shape index (κ2) is 7.22. The minimum Gasteiger partial charge on any atom is -0.322 e. The normalized spacial score (nSPS) is 33.8. The van der Waals surface area contributed by atoms with E-state index in [1.54, 1.807) is 4.90 Å². The van der Waals surface area contributed by atoms with Gasteiger partial charge in [0.15, 0.2) is 0 Å². The van der Waals surface area contributed by atoms with Crippen LogP contribution in [0, 0.1) is 5.92 Å². The number of imide groups is 1. The SMILES string of the molecule is CC1C(NCc2ccc3c(c2)C(=O)N(C2CCC(=O)NC2=O)C3)CC2CCC1N2. The van der Waals surface area contributed by atoms with Gasteiger partial charge >= 0.3 is 0 Å². The fraction of sp³-hybridized carbons (Fsp3) is 0.591. The molecule has 154 valence electrons. The molecule has 3 saturated heterocycles. The van der Waals surface area contributed by atoms with Crippen molar-refractivity contribution in [1.29, 1.82) is 0 Å². The van der Waals surface area contributed by atoms with Crippen LogP contribution in [0.15, 0.2) is 18.2 Å². The van der Waals surface area contributed by atoms with E-state index in [0.717, 1.165) is 24.1 Å². The van der Waals surface area contributed by atoms with Gasteiger partial charge in [-0.05, 0) is 48.8 Å². The number of hydrogen-bond acceptors (Lipinski definition) is 5. The number of piperidine rings is 2. The number of benzene rings is 1. The fourth-order valence-corrected chi connectivity index (χ4v) is 5.48. The van der Waals surface area contributed by atoms with Crippen molar-refractivity contribution >= 4 is 17.7 Å². The largest absolute Gasteiger partial charge is 0.322 e. The third-order valence-electron chi connectivity index (χ3n) is 7.24. The third kappa shape index (κ3) is 3.36. The van der Waals surface area contributed by atoms with Gasteiger partial charge < -0.3 is 15.5 Å². The Labute approximate surface area is 170 Å². The lowest BCUT2D eigenvalue weighted by Crippen LogP contribution is -2.52. The predicted octanol–water partition coefficient (Wildman–Crippen LogP) is 1.07. The first-order valence-electron chi connectivity index (χ1n) is 10.8. The number of hydrogen-bond donors (Lipinski definition) is 3. The number of rotatable bonds is 4. The van der Waals surface area contributed by atoms with Crippen LogP contribution in [0.5, 0.6) is 0 Å². The number of amides is 3. The Hall–Kier alpha value is -2.25. The van der Waals surface area contributed by atoms with E-state index in [1.807, 2.05) is 12.1 Å². The molecule has 0 radical (unpaired) electrons. The lowest BCUT2D eigenvalue weighted by atomic mass is 9.88. The zero-order chi connectivity index (χ0) is 20.1. The highest BCUT2D eigenvalue weighted by Gasteiger charge is 2.40. The topological polar surface area (TPSA) is 90.5 Å². The number of nitrogens with zero attached hydrogens (tertiary/aromatic N) is 1. The summed E-state index contributed by atoms with van der Waals surface area (Å²) in [5.74, 6) is -0.124. The molecular formula is C22H28N4O3. The van der Waals surface area contributed by atoms with Gasteiger partial charge in [-0.15, -0.1) is 0 Å². The number of nitrogens with one attached hydrogen (secondary N) is 3. The Morgan fingerprint density at radius 1 is 1.17 bits per heavy atom. The van der Waals surface area contributed by atoms with E-state index >= 15 is 0 Å². The van der Waals surface area contributed by atoms with Crippen LogP contribution >= 0.6 is 0 Å². The molecule has 4 heterocycles. The highest BCUT2D eigenvalue weighted by molar-refractivity contribution is 6.05. The second-order valence-electron chi connectivity index (χ2n) is 9.02. The van der Waals surface area contributed by atoms with Crippen molar-refractivity contribution in [1.82, 2.24) is 20.9 Å². The summed E-state index contributed by atoms with van der Waals surface area (Å²) in [6, 6.07) is 7.25. The Bertz CT molecular complexity index is 870. The molecule has 5 unspecified atom stereocenters. The molecule has 0 aromatic heterocycles. The van der Waals surface area contributed by atoms with E-state index in [2.05, 4.69) is 28.9 Å². The zero-order valence-electron chi connectivity index (χ0n) is 16.7. The standard InChI is InChI=1S/C22H28N4O3/c1-12-17-5-4-15(24-17)9-18(12)23-10-13-2-3-14-11-26(22(29)16(14)8-13)19-6-7-20(27)25-21(19)28/h2-3,8,12,15,17-19,23-24H,4-7,9-11H2,1H3,(H,25,27,28). The predicted molar refractivity (Wildman–Crippen MR) is 107 cm³/mol. The monoisotopic (exact) mass is 396 g/mol. The van der Waals surface area contributed by atoms with Crippen LogP contribution in [0.25, 0.3) is 0 Å². The molecule has 7 nitrogen and oxygen atoms in total. The average molecular weight is 396 g/mol. The summed E-state index contributed by atoms with van der Waals surface area (Å²) in [6.07, 6.45) is 4.38. The molecule has 3 fully saturated rings. The minimum atomic E-state index is -0.555. The molecule has 7 heteroatoms. The maximum Gasteiger partial charge on any atom is 0.255 e. The average Bonchev–Trinajstić information content (AvgIpc) is 3.26. The van der Waals surface area contributed by atoms with E-state index in [-0.39, 0.29) is 24.1 Å².